The van der Waals surface area contributed by atoms with Gasteiger partial charge in [-0.15, -0.1) is 0 Å². The average Bonchev–Trinajstić information content (AvgIpc) is 2.83. The minimum Gasteiger partial charge on any atom is -0.597 e. The molecule has 1 fully saturated rings. The van der Waals surface area contributed by atoms with E-state index in [4.69, 9.17) is 15.4 Å². The zero-order valence-corrected chi connectivity index (χ0v) is 20.5. The molecule has 0 aromatic heterocycles. The zero-order chi connectivity index (χ0) is 26.4. The van der Waals surface area contributed by atoms with E-state index in [9.17, 15) is 34.2 Å². The molecule has 0 aliphatic carbocycles. The number of ether oxygens (including phenoxy) is 1. The molecule has 190 valence electrons. The highest BCUT2D eigenvalue weighted by atomic mass is 35.7. The van der Waals surface area contributed by atoms with Crippen molar-refractivity contribution >= 4 is 44.5 Å². The van der Waals surface area contributed by atoms with Crippen molar-refractivity contribution in [3.8, 4) is 5.75 Å². The number of para-hydroxylation sites is 1. The molecule has 0 bridgehead atoms. The lowest BCUT2D eigenvalue weighted by Crippen LogP contribution is -2.72. The largest absolute Gasteiger partial charge is 0.597 e. The van der Waals surface area contributed by atoms with Crippen molar-refractivity contribution < 1.29 is 33.7 Å². The number of hydrogen-bond donors (Lipinski definition) is 2. The number of aliphatic carboxylic acids is 1. The van der Waals surface area contributed by atoms with Crippen LogP contribution in [-0.2, 0) is 31.2 Å². The predicted molar refractivity (Wildman–Crippen MR) is 130 cm³/mol. The summed E-state index contributed by atoms with van der Waals surface area (Å²) in [5.74, 6) is -1.95. The van der Waals surface area contributed by atoms with Gasteiger partial charge in [0, 0.05) is 24.3 Å². The van der Waals surface area contributed by atoms with Gasteiger partial charge in [-0.1, -0.05) is 30.3 Å². The maximum atomic E-state index is 13.1. The number of nitrogens with zero attached hydrogens (tertiary/aromatic N) is 2. The third-order valence-corrected chi connectivity index (χ3v) is 6.79. The van der Waals surface area contributed by atoms with Crippen LogP contribution in [0.5, 0.6) is 5.75 Å². The Hall–Kier alpha value is -3.61. The van der Waals surface area contributed by atoms with E-state index in [0.29, 0.717) is 16.9 Å². The van der Waals surface area contributed by atoms with Crippen LogP contribution in [0.2, 0.25) is 0 Å². The number of amides is 2. The molecule has 2 aromatic rings. The molecule has 0 radical (unpaired) electrons. The zero-order valence-electron chi connectivity index (χ0n) is 19.0. The number of β-lactam (4-membered cyclic amide) rings is 1. The van der Waals surface area contributed by atoms with Crippen LogP contribution in [0, 0.1) is 10.1 Å². The van der Waals surface area contributed by atoms with Gasteiger partial charge in [-0.2, -0.15) is 0 Å². The van der Waals surface area contributed by atoms with Gasteiger partial charge in [0.25, 0.3) is 17.5 Å². The van der Waals surface area contributed by atoms with Gasteiger partial charge >= 0.3 is 5.97 Å². The fraction of sp³-hybridized carbons (Fsp3) is 0.261. The van der Waals surface area contributed by atoms with Gasteiger partial charge in [0.05, 0.1) is 21.7 Å². The van der Waals surface area contributed by atoms with Crippen LogP contribution < -0.4 is 10.1 Å². The highest BCUT2D eigenvalue weighted by molar-refractivity contribution is 8.14. The van der Waals surface area contributed by atoms with Crippen molar-refractivity contribution in [2.45, 2.75) is 31.2 Å². The molecule has 2 N–H and O–H groups in total. The third kappa shape index (κ3) is 6.53. The summed E-state index contributed by atoms with van der Waals surface area (Å²) in [6, 6.07) is 12.8. The molecule has 1 aliphatic heterocycles. The molecular formula is C23H22ClN3O8S. The number of nitro benzene ring substituents is 1. The van der Waals surface area contributed by atoms with Crippen molar-refractivity contribution in [3.63, 3.8) is 0 Å². The monoisotopic (exact) mass is 535 g/mol. The molecule has 0 spiro atoms. The first-order valence-electron chi connectivity index (χ1n) is 10.6. The fourth-order valence-corrected chi connectivity index (χ4v) is 5.00. The summed E-state index contributed by atoms with van der Waals surface area (Å²) >= 11 is 0. The Morgan fingerprint density at radius 2 is 1.83 bits per heavy atom. The normalized spacial score (nSPS) is 18.5. The SMILES string of the molecule is CC(CC(=O)O)=C(Cc1ccc([N+](=O)[O-])cc1)N1C(=O)C(NC(=O)COc2ccccc2)C1[S+]([O-])Cl. The summed E-state index contributed by atoms with van der Waals surface area (Å²) in [5, 5.41) is 21.5. The molecule has 2 amide bonds. The highest BCUT2D eigenvalue weighted by Crippen LogP contribution is 2.35. The minimum atomic E-state index is -2.13. The highest BCUT2D eigenvalue weighted by Gasteiger charge is 2.57. The number of nitrogens with one attached hydrogen (secondary N) is 1. The Morgan fingerprint density at radius 3 is 2.39 bits per heavy atom. The minimum absolute atomic E-state index is 0.0191. The van der Waals surface area contributed by atoms with Gasteiger partial charge in [0.1, 0.15) is 5.75 Å². The maximum absolute atomic E-state index is 13.1. The van der Waals surface area contributed by atoms with E-state index in [1.807, 2.05) is 0 Å². The molecule has 3 rings (SSSR count). The molecule has 1 aliphatic rings. The summed E-state index contributed by atoms with van der Waals surface area (Å²) in [4.78, 5) is 48.3. The van der Waals surface area contributed by atoms with Crippen molar-refractivity contribution in [1.29, 1.82) is 0 Å². The van der Waals surface area contributed by atoms with Crippen molar-refractivity contribution in [1.82, 2.24) is 10.2 Å². The number of carboxylic acid groups (broad SMARTS) is 1. The smallest absolute Gasteiger partial charge is 0.307 e. The average molecular weight is 536 g/mol. The van der Waals surface area contributed by atoms with Crippen molar-refractivity contribution in [3.05, 3.63) is 81.5 Å². The lowest BCUT2D eigenvalue weighted by Gasteiger charge is -2.45. The molecule has 1 saturated heterocycles. The van der Waals surface area contributed by atoms with Crippen LogP contribution in [0.4, 0.5) is 5.69 Å². The topological polar surface area (TPSA) is 162 Å². The predicted octanol–water partition coefficient (Wildman–Crippen LogP) is 2.52. The second kappa shape index (κ2) is 11.9. The van der Waals surface area contributed by atoms with Gasteiger partial charge in [-0.25, -0.2) is 0 Å². The molecule has 3 atom stereocenters. The van der Waals surface area contributed by atoms with Crippen LogP contribution in [0.1, 0.15) is 18.9 Å². The number of rotatable bonds is 11. The number of halogens is 1. The van der Waals surface area contributed by atoms with Crippen molar-refractivity contribution in [2.75, 3.05) is 6.61 Å². The van der Waals surface area contributed by atoms with Crippen LogP contribution in [0.15, 0.2) is 65.9 Å². The van der Waals surface area contributed by atoms with E-state index >= 15 is 0 Å². The Balaban J connectivity index is 1.79. The van der Waals surface area contributed by atoms with E-state index < -0.39 is 50.9 Å². The van der Waals surface area contributed by atoms with E-state index in [0.717, 1.165) is 4.90 Å². The van der Waals surface area contributed by atoms with Crippen LogP contribution in [0.25, 0.3) is 0 Å². The second-order valence-electron chi connectivity index (χ2n) is 7.89. The second-order valence-corrected chi connectivity index (χ2v) is 9.78. The van der Waals surface area contributed by atoms with Gasteiger partial charge < -0.3 is 19.7 Å². The first kappa shape index (κ1) is 27.0. The number of benzene rings is 2. The fourth-order valence-electron chi connectivity index (χ4n) is 3.65. The van der Waals surface area contributed by atoms with E-state index in [2.05, 4.69) is 5.32 Å². The molecule has 11 nitrogen and oxygen atoms in total. The van der Waals surface area contributed by atoms with E-state index in [1.165, 1.54) is 31.2 Å². The Morgan fingerprint density at radius 1 is 1.19 bits per heavy atom. The summed E-state index contributed by atoms with van der Waals surface area (Å²) in [6.07, 6.45) is -0.388. The number of nitro groups is 1. The summed E-state index contributed by atoms with van der Waals surface area (Å²) in [6.45, 7) is 1.12. The Bertz CT molecular complexity index is 1170. The summed E-state index contributed by atoms with van der Waals surface area (Å²) in [7, 11) is 3.76. The summed E-state index contributed by atoms with van der Waals surface area (Å²) < 4.78 is 17.7. The van der Waals surface area contributed by atoms with Gasteiger partial charge in [-0.05, 0) is 30.2 Å². The summed E-state index contributed by atoms with van der Waals surface area (Å²) in [5.41, 5.74) is 0.961. The number of hydrogen-bond acceptors (Lipinski definition) is 7. The number of carboxylic acids is 1. The molecule has 36 heavy (non-hydrogen) atoms. The lowest BCUT2D eigenvalue weighted by atomic mass is 9.97. The lowest BCUT2D eigenvalue weighted by molar-refractivity contribution is -0.384. The first-order chi connectivity index (χ1) is 17.1. The van der Waals surface area contributed by atoms with Gasteiger partial charge in [0.2, 0.25) is 5.37 Å². The van der Waals surface area contributed by atoms with Gasteiger partial charge in [0.15, 0.2) is 23.3 Å². The van der Waals surface area contributed by atoms with Crippen LogP contribution in [-0.4, -0.2) is 55.3 Å². The molecular weight excluding hydrogens is 514 g/mol. The van der Waals surface area contributed by atoms with E-state index in [1.54, 1.807) is 30.3 Å². The standard InChI is InChI=1S/C23H22ClN3O8S/c1-14(11-20(29)30)18(12-15-7-9-16(10-8-15)27(32)33)26-22(31)21(23(26)36(24)34)25-19(28)13-35-17-5-3-2-4-6-17/h2-10,21,23H,11-13H2,1H3,(H,25,28)(H,29,30). The molecule has 3 unspecified atom stereocenters. The molecule has 2 aromatic carbocycles. The van der Waals surface area contributed by atoms with Gasteiger partial charge in [-0.3, -0.25) is 29.4 Å². The quantitative estimate of drug-likeness (QED) is 0.192. The number of carbonyl (C=O) groups excluding carboxylic acids is 2. The maximum Gasteiger partial charge on any atom is 0.307 e. The van der Waals surface area contributed by atoms with Crippen molar-refractivity contribution in [2.24, 2.45) is 0 Å². The number of non-ortho nitro benzene ring substituents is 1. The van der Waals surface area contributed by atoms with Crippen LogP contribution >= 0.6 is 10.7 Å². The Labute approximate surface area is 213 Å². The molecule has 13 heteroatoms. The Kier molecular flexibility index (Phi) is 8.91. The van der Waals surface area contributed by atoms with Crippen LogP contribution in [0.3, 0.4) is 0 Å². The molecule has 1 heterocycles. The number of allylic oxidation sites excluding steroid dienone is 1. The molecule has 0 saturated carbocycles. The number of carbonyl (C=O) groups is 3. The number of likely N-dealkylation sites (tertiary alicyclic amines) is 1. The van der Waals surface area contributed by atoms with E-state index in [-0.39, 0.29) is 24.4 Å². The third-order valence-electron chi connectivity index (χ3n) is 5.38. The first-order valence-corrected chi connectivity index (χ1v) is 12.6.